The van der Waals surface area contributed by atoms with E-state index in [9.17, 15) is 33.9 Å². The summed E-state index contributed by atoms with van der Waals surface area (Å²) >= 11 is 1.66. The Hall–Kier alpha value is -3.17. The fourth-order valence-corrected chi connectivity index (χ4v) is 5.25. The predicted molar refractivity (Wildman–Crippen MR) is 307 cm³/mol. The first kappa shape index (κ1) is 83.2. The van der Waals surface area contributed by atoms with Gasteiger partial charge in [0.15, 0.2) is 6.29 Å². The number of unbranched alkanes of at least 4 members (excludes halogenated alkanes) is 2. The lowest BCUT2D eigenvalue weighted by Crippen LogP contribution is -2.35. The first-order valence-electron chi connectivity index (χ1n) is 27.6. The van der Waals surface area contributed by atoms with Gasteiger partial charge in [-0.05, 0) is 40.3 Å². The molecular formula is C56H114N4O14S. The van der Waals surface area contributed by atoms with E-state index in [1.807, 2.05) is 46.7 Å². The SMILES string of the molecule is C=C(C)CC.CCC(C)C.CCCC.CCCC.CCOC(=O)CCN(CCSCC(C)C=O)CCC(=O)OCCOC=O.COCCOC(=O)CCN(C)CCNCCN(C)CCC(=O)OCCOC(O)C(C)C. The quantitative estimate of drug-likeness (QED) is 0.0147. The van der Waals surface area contributed by atoms with Crippen LogP contribution in [0.15, 0.2) is 12.2 Å². The minimum absolute atomic E-state index is 0.00778. The number of carbonyl (C=O) groups is 6. The van der Waals surface area contributed by atoms with Crippen molar-refractivity contribution < 1.29 is 67.0 Å². The van der Waals surface area contributed by atoms with Crippen molar-refractivity contribution in [2.75, 3.05) is 138 Å². The van der Waals surface area contributed by atoms with Crippen molar-refractivity contribution in [3.8, 4) is 0 Å². The molecule has 2 atom stereocenters. The van der Waals surface area contributed by atoms with Crippen LogP contribution in [0.25, 0.3) is 0 Å². The highest BCUT2D eigenvalue weighted by Crippen LogP contribution is 2.08. The minimum atomic E-state index is -0.834. The van der Waals surface area contributed by atoms with Crippen LogP contribution in [-0.4, -0.2) is 201 Å². The van der Waals surface area contributed by atoms with Gasteiger partial charge in [-0.1, -0.05) is 114 Å². The fraction of sp³-hybridized carbons (Fsp3) is 0.857. The lowest BCUT2D eigenvalue weighted by molar-refractivity contribution is -0.156. The molecule has 2 N–H and O–H groups in total. The maximum Gasteiger partial charge on any atom is 0.307 e. The van der Waals surface area contributed by atoms with Crippen molar-refractivity contribution in [3.63, 3.8) is 0 Å². The average molecular weight is 1100 g/mol. The average Bonchev–Trinajstić information content (AvgIpc) is 3.39. The van der Waals surface area contributed by atoms with Crippen molar-refractivity contribution in [2.45, 2.75) is 161 Å². The lowest BCUT2D eigenvalue weighted by atomic mass is 10.2. The molecule has 0 bridgehead atoms. The molecule has 0 aromatic carbocycles. The Labute approximate surface area is 462 Å². The molecule has 0 saturated heterocycles. The van der Waals surface area contributed by atoms with Crippen LogP contribution in [0.4, 0.5) is 0 Å². The topological polar surface area (TPSA) is 209 Å². The molecule has 0 amide bonds. The summed E-state index contributed by atoms with van der Waals surface area (Å²) in [6.45, 7) is 38.4. The summed E-state index contributed by atoms with van der Waals surface area (Å²) in [6.07, 6.45) is 8.90. The number of esters is 4. The number of carbonyl (C=O) groups excluding carboxylic acids is 6. The van der Waals surface area contributed by atoms with Gasteiger partial charge in [0.25, 0.3) is 6.47 Å². The third-order valence-corrected chi connectivity index (χ3v) is 11.4. The molecule has 18 nitrogen and oxygen atoms in total. The van der Waals surface area contributed by atoms with E-state index in [-0.39, 0.29) is 75.0 Å². The first-order chi connectivity index (χ1) is 35.7. The molecule has 0 aliphatic rings. The number of nitrogens with one attached hydrogen (secondary N) is 1. The van der Waals surface area contributed by atoms with Crippen LogP contribution in [-0.2, 0) is 61.9 Å². The minimum Gasteiger partial charge on any atom is -0.466 e. The standard InChI is InChI=1S/C21H43N3O7.C17H29NO7S.C5H12.C5H10.2C4H10/c1-18(2)21(27)31-17-16-30-20(26)7-11-24(4)13-9-22-8-12-23(3)10-6-19(25)29-15-14-28-5;1-3-24-16(21)4-6-18(8-11-26-13-15(2)12-19)7-5-17(22)25-10-9-23-14-20;2*1-4-5(2)3;2*1-3-4-2/h18,21-22,27H,6-17H2,1-5H3;12,14-15H,3-11,13H2,1-2H3;5H,4H2,1-3H3;2,4H2,1,3H3;2*3-4H2,1-2H3. The van der Waals surface area contributed by atoms with Crippen LogP contribution in [0.5, 0.6) is 0 Å². The van der Waals surface area contributed by atoms with Gasteiger partial charge in [0.2, 0.25) is 0 Å². The van der Waals surface area contributed by atoms with E-state index in [1.165, 1.54) is 37.7 Å². The van der Waals surface area contributed by atoms with E-state index in [0.717, 1.165) is 56.3 Å². The summed E-state index contributed by atoms with van der Waals surface area (Å²) in [5.41, 5.74) is 1.25. The van der Waals surface area contributed by atoms with Crippen LogP contribution in [0.3, 0.4) is 0 Å². The van der Waals surface area contributed by atoms with Crippen LogP contribution in [0, 0.1) is 17.8 Å². The van der Waals surface area contributed by atoms with Gasteiger partial charge in [0.1, 0.15) is 32.7 Å². The van der Waals surface area contributed by atoms with Crippen molar-refractivity contribution in [3.05, 3.63) is 12.2 Å². The molecule has 0 aromatic rings. The Morgan fingerprint density at radius 3 is 1.40 bits per heavy atom. The second-order valence-corrected chi connectivity index (χ2v) is 19.6. The lowest BCUT2D eigenvalue weighted by Gasteiger charge is -2.21. The number of allylic oxidation sites excluding steroid dienone is 1. The fourth-order valence-electron chi connectivity index (χ4n) is 4.25. The Morgan fingerprint density at radius 2 is 1.04 bits per heavy atom. The van der Waals surface area contributed by atoms with Crippen LogP contribution in [0.2, 0.25) is 0 Å². The summed E-state index contributed by atoms with van der Waals surface area (Å²) in [7, 11) is 5.50. The third-order valence-electron chi connectivity index (χ3n) is 10.2. The van der Waals surface area contributed by atoms with Crippen LogP contribution < -0.4 is 5.32 Å². The molecule has 2 unspecified atom stereocenters. The van der Waals surface area contributed by atoms with E-state index in [0.29, 0.717) is 71.9 Å². The zero-order valence-corrected chi connectivity index (χ0v) is 51.3. The van der Waals surface area contributed by atoms with Gasteiger partial charge in [-0.2, -0.15) is 11.8 Å². The number of aldehydes is 1. The third kappa shape index (κ3) is 79.8. The highest BCUT2D eigenvalue weighted by Gasteiger charge is 2.14. The highest BCUT2D eigenvalue weighted by atomic mass is 32.2. The van der Waals surface area contributed by atoms with Crippen molar-refractivity contribution in [1.29, 1.82) is 0 Å². The van der Waals surface area contributed by atoms with E-state index in [1.54, 1.807) is 25.8 Å². The molecule has 0 radical (unpaired) electrons. The largest absolute Gasteiger partial charge is 0.466 e. The van der Waals surface area contributed by atoms with Crippen LogP contribution >= 0.6 is 11.8 Å². The van der Waals surface area contributed by atoms with Crippen molar-refractivity contribution in [1.82, 2.24) is 20.0 Å². The monoisotopic (exact) mass is 1100 g/mol. The normalized spacial score (nSPS) is 11.2. The molecule has 0 rings (SSSR count). The molecule has 0 fully saturated rings. The van der Waals surface area contributed by atoms with E-state index in [4.69, 9.17) is 28.4 Å². The maximum absolute atomic E-state index is 11.7. The number of likely N-dealkylation sites (N-methyl/N-ethyl adjacent to an activating group) is 2. The molecule has 0 spiro atoms. The molecule has 448 valence electrons. The Bertz CT molecular complexity index is 1280. The maximum atomic E-state index is 11.7. The number of rotatable bonds is 41. The Balaban J connectivity index is -0.000000240. The Morgan fingerprint density at radius 1 is 0.627 bits per heavy atom. The van der Waals surface area contributed by atoms with Gasteiger partial charge >= 0.3 is 23.9 Å². The molecule has 75 heavy (non-hydrogen) atoms. The molecular weight excluding hydrogens is 985 g/mol. The molecule has 0 aliphatic carbocycles. The number of aliphatic hydroxyl groups is 1. The number of hydrogen-bond donors (Lipinski definition) is 2. The molecule has 0 aliphatic heterocycles. The predicted octanol–water partition coefficient (Wildman–Crippen LogP) is 8.50. The van der Waals surface area contributed by atoms with Gasteiger partial charge in [0, 0.05) is 89.4 Å². The van der Waals surface area contributed by atoms with Gasteiger partial charge in [0.05, 0.1) is 45.5 Å². The smallest absolute Gasteiger partial charge is 0.307 e. The van der Waals surface area contributed by atoms with Crippen molar-refractivity contribution in [2.24, 2.45) is 17.8 Å². The molecule has 0 saturated carbocycles. The number of methoxy groups -OCH3 is 1. The van der Waals surface area contributed by atoms with E-state index < -0.39 is 6.29 Å². The molecule has 19 heteroatoms. The highest BCUT2D eigenvalue weighted by molar-refractivity contribution is 7.99. The number of aliphatic hydroxyl groups excluding tert-OH is 1. The summed E-state index contributed by atoms with van der Waals surface area (Å²) in [6, 6.07) is 0. The summed E-state index contributed by atoms with van der Waals surface area (Å²) in [4.78, 5) is 73.2. The molecule has 0 aromatic heterocycles. The van der Waals surface area contributed by atoms with E-state index >= 15 is 0 Å². The van der Waals surface area contributed by atoms with Gasteiger partial charge in [-0.3, -0.25) is 24.0 Å². The number of ether oxygens (including phenoxy) is 7. The zero-order valence-electron chi connectivity index (χ0n) is 50.5. The zero-order chi connectivity index (χ0) is 58.5. The number of thioether (sulfide) groups is 1. The first-order valence-corrected chi connectivity index (χ1v) is 28.8. The number of nitrogens with zero attached hydrogens (tertiary/aromatic N) is 3. The summed E-state index contributed by atoms with van der Waals surface area (Å²) in [5, 5.41) is 12.9. The Kier molecular flexibility index (Phi) is 74.2. The second kappa shape index (κ2) is 66.9. The van der Waals surface area contributed by atoms with Crippen LogP contribution in [0.1, 0.15) is 154 Å². The summed E-state index contributed by atoms with van der Waals surface area (Å²) in [5.74, 6) is 1.30. The molecule has 0 heterocycles. The second-order valence-electron chi connectivity index (χ2n) is 18.4. The van der Waals surface area contributed by atoms with Gasteiger partial charge in [-0.15, -0.1) is 6.58 Å². The van der Waals surface area contributed by atoms with E-state index in [2.05, 4.69) is 81.8 Å². The van der Waals surface area contributed by atoms with Gasteiger partial charge in [-0.25, -0.2) is 0 Å². The van der Waals surface area contributed by atoms with Gasteiger partial charge < -0.3 is 63.1 Å². The summed E-state index contributed by atoms with van der Waals surface area (Å²) < 4.78 is 34.4. The number of hydrogen-bond acceptors (Lipinski definition) is 19. The van der Waals surface area contributed by atoms with Crippen molar-refractivity contribution >= 4 is 48.4 Å².